The number of hydrogen-bond donors (Lipinski definition) is 0. The standard InChI is InChI=1S/C19H21BN3O/c1-12-8-9-22(5)16(10-12)23-19-17(13(2)11-20(23)4)15-7-6-14(3)21-18(15)24-19/h6-11H,1-5H3/q+1. The minimum absolute atomic E-state index is 0.215. The minimum Gasteiger partial charge on any atom is -0.404 e. The number of allylic oxidation sites excluding steroid dienone is 1. The van der Waals surface area contributed by atoms with E-state index in [1.165, 1.54) is 11.1 Å². The van der Waals surface area contributed by atoms with Gasteiger partial charge in [0, 0.05) is 11.8 Å². The quantitative estimate of drug-likeness (QED) is 0.502. The molecule has 5 heteroatoms. The van der Waals surface area contributed by atoms with Crippen LogP contribution < -0.4 is 9.38 Å². The summed E-state index contributed by atoms with van der Waals surface area (Å²) in [5.41, 5.74) is 5.30. The molecule has 0 saturated carbocycles. The summed E-state index contributed by atoms with van der Waals surface area (Å²) in [6.07, 6.45) is 2.09. The van der Waals surface area contributed by atoms with Crippen molar-refractivity contribution in [2.75, 3.05) is 4.81 Å². The zero-order chi connectivity index (χ0) is 17.0. The van der Waals surface area contributed by atoms with Gasteiger partial charge in [-0.15, -0.1) is 0 Å². The minimum atomic E-state index is 0.215. The maximum Gasteiger partial charge on any atom is 0.406 e. The SMILES string of the molecule is CB1C=C(C)c2c(oc3nc(C)ccc23)N1c1cc(C)cc[n+]1C. The number of hydrogen-bond acceptors (Lipinski definition) is 3. The van der Waals surface area contributed by atoms with Gasteiger partial charge in [0.05, 0.1) is 24.2 Å². The van der Waals surface area contributed by atoms with E-state index in [2.05, 4.69) is 72.5 Å². The smallest absolute Gasteiger partial charge is 0.404 e. The third kappa shape index (κ3) is 2.15. The van der Waals surface area contributed by atoms with Crippen molar-refractivity contribution in [3.05, 3.63) is 53.3 Å². The van der Waals surface area contributed by atoms with Gasteiger partial charge in [-0.2, -0.15) is 0 Å². The maximum atomic E-state index is 6.23. The molecular formula is C19H21BN3O+. The lowest BCUT2D eigenvalue weighted by atomic mass is 9.59. The van der Waals surface area contributed by atoms with Crippen LogP contribution in [0.2, 0.25) is 6.82 Å². The van der Waals surface area contributed by atoms with Crippen LogP contribution in [0.4, 0.5) is 11.7 Å². The number of pyridine rings is 2. The molecule has 3 aromatic heterocycles. The number of furan rings is 1. The van der Waals surface area contributed by atoms with E-state index < -0.39 is 0 Å². The first-order chi connectivity index (χ1) is 11.5. The Morgan fingerprint density at radius 2 is 1.96 bits per heavy atom. The molecule has 0 atom stereocenters. The van der Waals surface area contributed by atoms with Crippen molar-refractivity contribution in [1.82, 2.24) is 4.98 Å². The third-order valence-electron chi connectivity index (χ3n) is 4.71. The Bertz CT molecular complexity index is 990. The number of aryl methyl sites for hydroxylation is 3. The summed E-state index contributed by atoms with van der Waals surface area (Å²) in [5, 5.41) is 1.08. The molecule has 120 valence electrons. The summed E-state index contributed by atoms with van der Waals surface area (Å²) in [5.74, 6) is 4.29. The Balaban J connectivity index is 2.01. The van der Waals surface area contributed by atoms with Gasteiger partial charge >= 0.3 is 6.85 Å². The van der Waals surface area contributed by atoms with E-state index in [1.807, 2.05) is 13.0 Å². The van der Waals surface area contributed by atoms with E-state index in [0.717, 1.165) is 28.3 Å². The van der Waals surface area contributed by atoms with Crippen molar-refractivity contribution >= 4 is 35.2 Å². The zero-order valence-electron chi connectivity index (χ0n) is 14.8. The van der Waals surface area contributed by atoms with Crippen LogP contribution in [0, 0.1) is 13.8 Å². The van der Waals surface area contributed by atoms with Gasteiger partial charge in [-0.25, -0.2) is 9.55 Å². The van der Waals surface area contributed by atoms with E-state index in [1.54, 1.807) is 0 Å². The highest BCUT2D eigenvalue weighted by molar-refractivity contribution is 6.70. The first-order valence-corrected chi connectivity index (χ1v) is 8.30. The fourth-order valence-electron chi connectivity index (χ4n) is 3.53. The van der Waals surface area contributed by atoms with Crippen molar-refractivity contribution in [1.29, 1.82) is 0 Å². The molecule has 4 heterocycles. The number of rotatable bonds is 1. The summed E-state index contributed by atoms with van der Waals surface area (Å²) in [7, 11) is 2.07. The second kappa shape index (κ2) is 5.23. The summed E-state index contributed by atoms with van der Waals surface area (Å²) >= 11 is 0. The van der Waals surface area contributed by atoms with Gasteiger partial charge in [0.15, 0.2) is 0 Å². The summed E-state index contributed by atoms with van der Waals surface area (Å²) < 4.78 is 8.37. The van der Waals surface area contributed by atoms with Crippen LogP contribution in [-0.4, -0.2) is 11.8 Å². The Kier molecular flexibility index (Phi) is 3.27. The molecule has 0 fully saturated rings. The van der Waals surface area contributed by atoms with E-state index in [9.17, 15) is 0 Å². The largest absolute Gasteiger partial charge is 0.406 e. The molecule has 1 aliphatic rings. The Hall–Kier alpha value is -2.56. The number of anilines is 2. The predicted octanol–water partition coefficient (Wildman–Crippen LogP) is 3.98. The zero-order valence-corrected chi connectivity index (χ0v) is 14.8. The van der Waals surface area contributed by atoms with Crippen molar-refractivity contribution in [3.8, 4) is 0 Å². The van der Waals surface area contributed by atoms with E-state index in [-0.39, 0.29) is 6.85 Å². The molecule has 0 spiro atoms. The molecule has 0 amide bonds. The Labute approximate surface area is 142 Å². The van der Waals surface area contributed by atoms with Crippen LogP contribution in [0.25, 0.3) is 16.7 Å². The molecular weight excluding hydrogens is 297 g/mol. The van der Waals surface area contributed by atoms with Crippen LogP contribution >= 0.6 is 0 Å². The lowest BCUT2D eigenvalue weighted by Crippen LogP contribution is -2.43. The lowest BCUT2D eigenvalue weighted by molar-refractivity contribution is -0.658. The van der Waals surface area contributed by atoms with Crippen molar-refractivity contribution in [3.63, 3.8) is 0 Å². The van der Waals surface area contributed by atoms with Crippen LogP contribution in [-0.2, 0) is 7.05 Å². The van der Waals surface area contributed by atoms with E-state index in [0.29, 0.717) is 5.71 Å². The summed E-state index contributed by atoms with van der Waals surface area (Å²) in [6, 6.07) is 8.46. The highest BCUT2D eigenvalue weighted by Gasteiger charge is 2.39. The molecule has 0 N–H and O–H groups in total. The first kappa shape index (κ1) is 15.0. The van der Waals surface area contributed by atoms with Gasteiger partial charge in [-0.1, -0.05) is 5.98 Å². The monoisotopic (exact) mass is 318 g/mol. The van der Waals surface area contributed by atoms with Crippen molar-refractivity contribution in [2.24, 2.45) is 7.05 Å². The van der Waals surface area contributed by atoms with Crippen LogP contribution in [0.5, 0.6) is 0 Å². The predicted molar refractivity (Wildman–Crippen MR) is 98.5 cm³/mol. The molecule has 4 rings (SSSR count). The molecule has 0 saturated heterocycles. The van der Waals surface area contributed by atoms with Crippen molar-refractivity contribution in [2.45, 2.75) is 27.6 Å². The summed E-state index contributed by atoms with van der Waals surface area (Å²) in [6.45, 7) is 8.67. The molecule has 1 aliphatic heterocycles. The van der Waals surface area contributed by atoms with Crippen LogP contribution in [0.3, 0.4) is 0 Å². The van der Waals surface area contributed by atoms with Gasteiger partial charge in [-0.05, 0) is 56.9 Å². The summed E-state index contributed by atoms with van der Waals surface area (Å²) in [4.78, 5) is 6.84. The molecule has 0 aromatic carbocycles. The van der Waals surface area contributed by atoms with Crippen LogP contribution in [0.1, 0.15) is 23.7 Å². The topological polar surface area (TPSA) is 33.2 Å². The Morgan fingerprint density at radius 1 is 1.17 bits per heavy atom. The first-order valence-electron chi connectivity index (χ1n) is 8.30. The average Bonchev–Trinajstić information content (AvgIpc) is 2.89. The van der Waals surface area contributed by atoms with Gasteiger partial charge in [0.2, 0.25) is 5.71 Å². The number of nitrogens with zero attached hydrogens (tertiary/aromatic N) is 3. The molecule has 0 radical (unpaired) electrons. The van der Waals surface area contributed by atoms with Gasteiger partial charge in [-0.3, -0.25) is 4.81 Å². The highest BCUT2D eigenvalue weighted by atomic mass is 16.4. The van der Waals surface area contributed by atoms with Gasteiger partial charge in [0.1, 0.15) is 0 Å². The molecule has 24 heavy (non-hydrogen) atoms. The highest BCUT2D eigenvalue weighted by Crippen LogP contribution is 2.42. The van der Waals surface area contributed by atoms with Gasteiger partial charge in [0.25, 0.3) is 11.7 Å². The van der Waals surface area contributed by atoms with Crippen molar-refractivity contribution < 1.29 is 8.98 Å². The number of fused-ring (bicyclic) bond motifs is 3. The molecule has 4 nitrogen and oxygen atoms in total. The second-order valence-electron chi connectivity index (χ2n) is 6.72. The number of aromatic nitrogens is 2. The Morgan fingerprint density at radius 3 is 2.75 bits per heavy atom. The van der Waals surface area contributed by atoms with Crippen LogP contribution in [0.15, 0.2) is 40.9 Å². The normalized spacial score (nSPS) is 14.1. The molecule has 0 aliphatic carbocycles. The van der Waals surface area contributed by atoms with E-state index >= 15 is 0 Å². The third-order valence-corrected chi connectivity index (χ3v) is 4.71. The molecule has 0 unspecified atom stereocenters. The molecule has 3 aromatic rings. The average molecular weight is 318 g/mol. The fraction of sp³-hybridized carbons (Fsp3) is 0.263. The maximum absolute atomic E-state index is 6.23. The fourth-order valence-corrected chi connectivity index (χ4v) is 3.53. The molecule has 0 bridgehead atoms. The van der Waals surface area contributed by atoms with E-state index in [4.69, 9.17) is 4.42 Å². The lowest BCUT2D eigenvalue weighted by Gasteiger charge is -2.24. The second-order valence-corrected chi connectivity index (χ2v) is 6.72. The van der Waals surface area contributed by atoms with Gasteiger partial charge < -0.3 is 4.42 Å².